The van der Waals surface area contributed by atoms with E-state index in [9.17, 15) is 4.79 Å². The number of aromatic amines is 1. The van der Waals surface area contributed by atoms with Crippen LogP contribution in [0.25, 0.3) is 11.0 Å². The summed E-state index contributed by atoms with van der Waals surface area (Å²) >= 11 is 0. The van der Waals surface area contributed by atoms with E-state index in [-0.39, 0.29) is 11.4 Å². The zero-order valence-electron chi connectivity index (χ0n) is 11.1. The minimum Gasteiger partial charge on any atom is -0.377 e. The number of ether oxygens (including phenoxy) is 1. The molecule has 1 amide bonds. The number of benzene rings is 1. The Morgan fingerprint density at radius 2 is 2.32 bits per heavy atom. The van der Waals surface area contributed by atoms with Crippen molar-refractivity contribution in [2.24, 2.45) is 0 Å². The van der Waals surface area contributed by atoms with Crippen LogP contribution in [0, 0.1) is 0 Å². The number of rotatable bonds is 1. The van der Waals surface area contributed by atoms with Gasteiger partial charge in [0.1, 0.15) is 0 Å². The first-order chi connectivity index (χ1) is 9.08. The number of carbonyl (C=O) groups is 1. The Balaban J connectivity index is 1.94. The van der Waals surface area contributed by atoms with Crippen LogP contribution in [0.1, 0.15) is 24.2 Å². The lowest BCUT2D eigenvalue weighted by atomic mass is 10.0. The summed E-state index contributed by atoms with van der Waals surface area (Å²) in [5, 5.41) is 0. The maximum Gasteiger partial charge on any atom is 0.254 e. The second-order valence-corrected chi connectivity index (χ2v) is 5.46. The van der Waals surface area contributed by atoms with E-state index < -0.39 is 0 Å². The number of nitrogens with zero attached hydrogens (tertiary/aromatic N) is 2. The van der Waals surface area contributed by atoms with Gasteiger partial charge in [-0.1, -0.05) is 0 Å². The molecular formula is C14H17N3O2. The highest BCUT2D eigenvalue weighted by Crippen LogP contribution is 2.22. The Morgan fingerprint density at radius 3 is 3.11 bits per heavy atom. The summed E-state index contributed by atoms with van der Waals surface area (Å²) in [6.45, 7) is 5.86. The number of amides is 1. The van der Waals surface area contributed by atoms with Crippen LogP contribution >= 0.6 is 0 Å². The van der Waals surface area contributed by atoms with Gasteiger partial charge < -0.3 is 14.6 Å². The van der Waals surface area contributed by atoms with Crippen molar-refractivity contribution in [3.63, 3.8) is 0 Å². The third-order valence-corrected chi connectivity index (χ3v) is 3.56. The van der Waals surface area contributed by atoms with Gasteiger partial charge in [-0.05, 0) is 32.0 Å². The molecule has 1 aromatic heterocycles. The van der Waals surface area contributed by atoms with Crippen molar-refractivity contribution in [2.75, 3.05) is 19.8 Å². The summed E-state index contributed by atoms with van der Waals surface area (Å²) in [4.78, 5) is 21.7. The molecule has 2 heterocycles. The molecule has 0 spiro atoms. The molecule has 1 N–H and O–H groups in total. The van der Waals surface area contributed by atoms with Crippen molar-refractivity contribution in [3.8, 4) is 0 Å². The number of hydrogen-bond donors (Lipinski definition) is 1. The van der Waals surface area contributed by atoms with E-state index in [4.69, 9.17) is 4.74 Å². The van der Waals surface area contributed by atoms with Crippen LogP contribution in [-0.4, -0.2) is 46.1 Å². The number of aromatic nitrogens is 2. The van der Waals surface area contributed by atoms with E-state index in [0.717, 1.165) is 11.0 Å². The van der Waals surface area contributed by atoms with E-state index >= 15 is 0 Å². The maximum atomic E-state index is 12.6. The SMILES string of the molecule is CC1(C)COCCN1C(=O)c1ccc2nc[nH]c2c1. The average molecular weight is 259 g/mol. The average Bonchev–Trinajstić information content (AvgIpc) is 2.84. The highest BCUT2D eigenvalue weighted by atomic mass is 16.5. The molecule has 1 aliphatic rings. The van der Waals surface area contributed by atoms with Crippen molar-refractivity contribution in [3.05, 3.63) is 30.1 Å². The van der Waals surface area contributed by atoms with Gasteiger partial charge in [0.15, 0.2) is 0 Å². The predicted octanol–water partition coefficient (Wildman–Crippen LogP) is 1.81. The molecule has 0 aliphatic carbocycles. The fourth-order valence-corrected chi connectivity index (χ4v) is 2.46. The molecule has 3 rings (SSSR count). The van der Waals surface area contributed by atoms with Crippen LogP contribution in [0.3, 0.4) is 0 Å². The number of imidazole rings is 1. The second-order valence-electron chi connectivity index (χ2n) is 5.46. The molecule has 1 aliphatic heterocycles. The van der Waals surface area contributed by atoms with Crippen LogP contribution in [0.4, 0.5) is 0 Å². The van der Waals surface area contributed by atoms with E-state index in [0.29, 0.717) is 25.3 Å². The first-order valence-corrected chi connectivity index (χ1v) is 6.41. The maximum absolute atomic E-state index is 12.6. The number of hydrogen-bond acceptors (Lipinski definition) is 3. The molecule has 1 saturated heterocycles. The summed E-state index contributed by atoms with van der Waals surface area (Å²) < 4.78 is 5.45. The molecule has 100 valence electrons. The smallest absolute Gasteiger partial charge is 0.254 e. The Bertz CT molecular complexity index is 618. The fraction of sp³-hybridized carbons (Fsp3) is 0.429. The molecule has 19 heavy (non-hydrogen) atoms. The minimum atomic E-state index is -0.266. The topological polar surface area (TPSA) is 58.2 Å². The van der Waals surface area contributed by atoms with Crippen molar-refractivity contribution in [1.29, 1.82) is 0 Å². The highest BCUT2D eigenvalue weighted by Gasteiger charge is 2.34. The second kappa shape index (κ2) is 4.35. The van der Waals surface area contributed by atoms with Gasteiger partial charge in [0.05, 0.1) is 36.1 Å². The molecule has 0 bridgehead atoms. The van der Waals surface area contributed by atoms with Gasteiger partial charge in [0.2, 0.25) is 0 Å². The van der Waals surface area contributed by atoms with Crippen LogP contribution in [-0.2, 0) is 4.74 Å². The zero-order valence-corrected chi connectivity index (χ0v) is 11.1. The first kappa shape index (κ1) is 12.2. The monoisotopic (exact) mass is 259 g/mol. The standard InChI is InChI=1S/C14H17N3O2/c1-14(2)8-19-6-5-17(14)13(18)10-3-4-11-12(7-10)16-9-15-11/h3-4,7,9H,5-6,8H2,1-2H3,(H,15,16). The first-order valence-electron chi connectivity index (χ1n) is 6.41. The molecule has 5 nitrogen and oxygen atoms in total. The predicted molar refractivity (Wildman–Crippen MR) is 72.0 cm³/mol. The molecular weight excluding hydrogens is 242 g/mol. The fourth-order valence-electron chi connectivity index (χ4n) is 2.46. The molecule has 1 fully saturated rings. The molecule has 2 aromatic rings. The normalized spacial score (nSPS) is 18.7. The Kier molecular flexibility index (Phi) is 2.78. The summed E-state index contributed by atoms with van der Waals surface area (Å²) in [6, 6.07) is 5.56. The van der Waals surface area contributed by atoms with Gasteiger partial charge in [-0.25, -0.2) is 4.98 Å². The van der Waals surface area contributed by atoms with Gasteiger partial charge in [-0.3, -0.25) is 4.79 Å². The number of carbonyl (C=O) groups excluding carboxylic acids is 1. The van der Waals surface area contributed by atoms with Crippen LogP contribution < -0.4 is 0 Å². The highest BCUT2D eigenvalue weighted by molar-refractivity contribution is 5.97. The van der Waals surface area contributed by atoms with Crippen molar-refractivity contribution >= 4 is 16.9 Å². The number of morpholine rings is 1. The Hall–Kier alpha value is -1.88. The Morgan fingerprint density at radius 1 is 1.47 bits per heavy atom. The van der Waals surface area contributed by atoms with Crippen LogP contribution in [0.15, 0.2) is 24.5 Å². The minimum absolute atomic E-state index is 0.0461. The van der Waals surface area contributed by atoms with Crippen molar-refractivity contribution in [2.45, 2.75) is 19.4 Å². The molecule has 5 heteroatoms. The lowest BCUT2D eigenvalue weighted by Gasteiger charge is -2.42. The van der Waals surface area contributed by atoms with Gasteiger partial charge >= 0.3 is 0 Å². The molecule has 0 radical (unpaired) electrons. The van der Waals surface area contributed by atoms with Crippen LogP contribution in [0.5, 0.6) is 0 Å². The number of H-pyrrole nitrogens is 1. The largest absolute Gasteiger partial charge is 0.377 e. The third-order valence-electron chi connectivity index (χ3n) is 3.56. The van der Waals surface area contributed by atoms with E-state index in [1.165, 1.54) is 0 Å². The summed E-state index contributed by atoms with van der Waals surface area (Å²) in [5.74, 6) is 0.0461. The van der Waals surface area contributed by atoms with E-state index in [1.807, 2.05) is 36.9 Å². The van der Waals surface area contributed by atoms with E-state index in [1.54, 1.807) is 6.33 Å². The van der Waals surface area contributed by atoms with Crippen molar-refractivity contribution < 1.29 is 9.53 Å². The molecule has 0 saturated carbocycles. The summed E-state index contributed by atoms with van der Waals surface area (Å²) in [6.07, 6.45) is 1.64. The lowest BCUT2D eigenvalue weighted by molar-refractivity contribution is -0.0370. The quantitative estimate of drug-likeness (QED) is 0.849. The van der Waals surface area contributed by atoms with Gasteiger partial charge in [0.25, 0.3) is 5.91 Å². The third kappa shape index (κ3) is 2.10. The van der Waals surface area contributed by atoms with Gasteiger partial charge in [0, 0.05) is 12.1 Å². The summed E-state index contributed by atoms with van der Waals surface area (Å²) in [7, 11) is 0. The van der Waals surface area contributed by atoms with Gasteiger partial charge in [-0.2, -0.15) is 0 Å². The van der Waals surface area contributed by atoms with Crippen LogP contribution in [0.2, 0.25) is 0 Å². The van der Waals surface area contributed by atoms with Crippen molar-refractivity contribution in [1.82, 2.24) is 14.9 Å². The molecule has 0 atom stereocenters. The number of nitrogens with one attached hydrogen (secondary N) is 1. The molecule has 1 aromatic carbocycles. The van der Waals surface area contributed by atoms with E-state index in [2.05, 4.69) is 9.97 Å². The van der Waals surface area contributed by atoms with Gasteiger partial charge in [-0.15, -0.1) is 0 Å². The zero-order chi connectivity index (χ0) is 13.5. The summed E-state index contributed by atoms with van der Waals surface area (Å²) in [5.41, 5.74) is 2.18. The molecule has 0 unspecified atom stereocenters. The lowest BCUT2D eigenvalue weighted by Crippen LogP contribution is -2.55. The Labute approximate surface area is 111 Å². The number of fused-ring (bicyclic) bond motifs is 1.